The lowest BCUT2D eigenvalue weighted by Gasteiger charge is -2.47. The molecule has 8 nitrogen and oxygen atoms in total. The van der Waals surface area contributed by atoms with Gasteiger partial charge in [0.1, 0.15) is 6.04 Å². The zero-order chi connectivity index (χ0) is 25.2. The van der Waals surface area contributed by atoms with Crippen molar-refractivity contribution in [2.45, 2.75) is 88.7 Å². The lowest BCUT2D eigenvalue weighted by Crippen LogP contribution is -2.55. The summed E-state index contributed by atoms with van der Waals surface area (Å²) >= 11 is 0. The molecule has 2 amide bonds. The van der Waals surface area contributed by atoms with Gasteiger partial charge in [0.05, 0.1) is 11.3 Å². The Labute approximate surface area is 209 Å². The minimum Gasteiger partial charge on any atom is -0.353 e. The highest BCUT2D eigenvalue weighted by molar-refractivity contribution is 7.89. The second kappa shape index (κ2) is 10.3. The lowest BCUT2D eigenvalue weighted by molar-refractivity contribution is -0.130. The number of carbonyl (C=O) groups excluding carboxylic acids is 2. The molecule has 1 aliphatic carbocycles. The molecular weight excluding hydrogens is 464 g/mol. The minimum absolute atomic E-state index is 0.0135. The van der Waals surface area contributed by atoms with Gasteiger partial charge in [-0.15, -0.1) is 0 Å². The van der Waals surface area contributed by atoms with Gasteiger partial charge in [0, 0.05) is 24.5 Å². The van der Waals surface area contributed by atoms with Crippen LogP contribution >= 0.6 is 0 Å². The maximum absolute atomic E-state index is 13.3. The van der Waals surface area contributed by atoms with Gasteiger partial charge in [-0.3, -0.25) is 13.9 Å². The molecule has 35 heavy (non-hydrogen) atoms. The highest BCUT2D eigenvalue weighted by atomic mass is 32.2. The van der Waals surface area contributed by atoms with Gasteiger partial charge in [-0.05, 0) is 69.7 Å². The van der Waals surface area contributed by atoms with Gasteiger partial charge < -0.3 is 15.5 Å². The van der Waals surface area contributed by atoms with Gasteiger partial charge in [0.25, 0.3) is 10.0 Å². The lowest BCUT2D eigenvalue weighted by atomic mass is 9.70. The van der Waals surface area contributed by atoms with Gasteiger partial charge in [-0.25, -0.2) is 8.42 Å². The molecule has 3 aliphatic rings. The number of nitrogens with one attached hydrogen (secondary N) is 2. The van der Waals surface area contributed by atoms with Crippen LogP contribution in [0.2, 0.25) is 0 Å². The van der Waals surface area contributed by atoms with E-state index in [1.165, 1.54) is 43.8 Å². The highest BCUT2D eigenvalue weighted by Crippen LogP contribution is 2.38. The van der Waals surface area contributed by atoms with E-state index in [0.29, 0.717) is 6.04 Å². The van der Waals surface area contributed by atoms with E-state index in [-0.39, 0.29) is 28.7 Å². The fourth-order valence-corrected chi connectivity index (χ4v) is 7.11. The van der Waals surface area contributed by atoms with Crippen LogP contribution in [0.25, 0.3) is 0 Å². The Hall–Kier alpha value is -2.39. The van der Waals surface area contributed by atoms with Crippen molar-refractivity contribution >= 4 is 21.8 Å². The van der Waals surface area contributed by atoms with Crippen LogP contribution in [0.15, 0.2) is 41.6 Å². The highest BCUT2D eigenvalue weighted by Gasteiger charge is 2.41. The molecule has 1 aromatic carbocycles. The predicted molar refractivity (Wildman–Crippen MR) is 135 cm³/mol. The van der Waals surface area contributed by atoms with E-state index in [0.717, 1.165) is 42.2 Å². The molecule has 0 radical (unpaired) electrons. The third kappa shape index (κ3) is 5.72. The number of hydrogen-bond donors (Lipinski definition) is 2. The van der Waals surface area contributed by atoms with Crippen LogP contribution in [0.5, 0.6) is 0 Å². The van der Waals surface area contributed by atoms with Gasteiger partial charge >= 0.3 is 0 Å². The molecule has 0 bridgehead atoms. The second-order valence-corrected chi connectivity index (χ2v) is 12.7. The van der Waals surface area contributed by atoms with Crippen molar-refractivity contribution in [2.75, 3.05) is 13.1 Å². The number of hydrogen-bond acceptors (Lipinski definition) is 5. The number of aryl methyl sites for hydroxylation is 1. The van der Waals surface area contributed by atoms with Crippen LogP contribution in [-0.2, 0) is 19.6 Å². The molecule has 1 saturated heterocycles. The molecule has 192 valence electrons. The first-order valence-corrected chi connectivity index (χ1v) is 14.1. The van der Waals surface area contributed by atoms with Gasteiger partial charge in [0.15, 0.2) is 0 Å². The molecule has 0 unspecified atom stereocenters. The largest absolute Gasteiger partial charge is 0.353 e. The van der Waals surface area contributed by atoms with Gasteiger partial charge in [-0.2, -0.15) is 0 Å². The van der Waals surface area contributed by atoms with E-state index in [1.54, 1.807) is 12.1 Å². The molecule has 2 N–H and O–H groups in total. The summed E-state index contributed by atoms with van der Waals surface area (Å²) in [4.78, 5) is 28.5. The number of carbonyl (C=O) groups is 2. The standard InChI is InChI=1S/C26H38N4O4S/c1-19-7-10-21(11-8-19)35(33,34)30-16-13-27-25(32)22(30)17-24(31)28-23-12-9-20(18-26(23,2)3)29-14-5-4-6-15-29/h7-8,10-11,13,16,20,22-23H,4-6,9,12,14-15,17-18H2,1-3H3,(H,27,32)(H,28,31)/t20-,22+,23-/m0/s1. The first-order valence-electron chi connectivity index (χ1n) is 12.7. The van der Waals surface area contributed by atoms with Crippen molar-refractivity contribution in [3.63, 3.8) is 0 Å². The fraction of sp³-hybridized carbons (Fsp3) is 0.615. The maximum Gasteiger partial charge on any atom is 0.264 e. The Morgan fingerprint density at radius 2 is 1.80 bits per heavy atom. The van der Waals surface area contributed by atoms with Crippen LogP contribution in [0, 0.1) is 12.3 Å². The zero-order valence-electron chi connectivity index (χ0n) is 21.0. The van der Waals surface area contributed by atoms with Crippen molar-refractivity contribution in [3.8, 4) is 0 Å². The number of piperidine rings is 1. The van der Waals surface area contributed by atoms with E-state index >= 15 is 0 Å². The summed E-state index contributed by atoms with van der Waals surface area (Å²) in [6.45, 7) is 8.58. The maximum atomic E-state index is 13.3. The van der Waals surface area contributed by atoms with Crippen molar-refractivity contribution < 1.29 is 18.0 Å². The average Bonchev–Trinajstić information content (AvgIpc) is 2.82. The topological polar surface area (TPSA) is 98.8 Å². The zero-order valence-corrected chi connectivity index (χ0v) is 21.8. The smallest absolute Gasteiger partial charge is 0.264 e. The number of sulfonamides is 1. The van der Waals surface area contributed by atoms with Gasteiger partial charge in [-0.1, -0.05) is 38.0 Å². The number of amides is 2. The quantitative estimate of drug-likeness (QED) is 0.623. The predicted octanol–water partition coefficient (Wildman–Crippen LogP) is 2.89. The molecule has 1 aromatic rings. The molecule has 2 fully saturated rings. The summed E-state index contributed by atoms with van der Waals surface area (Å²) in [5.41, 5.74) is 0.850. The summed E-state index contributed by atoms with van der Waals surface area (Å²) in [6.07, 6.45) is 9.15. The first kappa shape index (κ1) is 25.7. The first-order chi connectivity index (χ1) is 16.6. The molecule has 1 saturated carbocycles. The minimum atomic E-state index is -3.98. The van der Waals surface area contributed by atoms with Crippen molar-refractivity contribution in [2.24, 2.45) is 5.41 Å². The summed E-state index contributed by atoms with van der Waals surface area (Å²) in [5.74, 6) is -0.814. The Morgan fingerprint density at radius 3 is 2.46 bits per heavy atom. The van der Waals surface area contributed by atoms with E-state index in [4.69, 9.17) is 0 Å². The molecule has 2 heterocycles. The van der Waals surface area contributed by atoms with Crippen LogP contribution in [0.4, 0.5) is 0 Å². The SMILES string of the molecule is Cc1ccc(S(=O)(=O)N2C=CNC(=O)[C@H]2CC(=O)N[C@H]2CC[C@H](N3CCCCC3)CC2(C)C)cc1. The van der Waals surface area contributed by atoms with Crippen LogP contribution in [0.1, 0.15) is 64.4 Å². The summed E-state index contributed by atoms with van der Waals surface area (Å²) in [5, 5.41) is 5.69. The van der Waals surface area contributed by atoms with Crippen molar-refractivity contribution in [1.82, 2.24) is 19.8 Å². The van der Waals surface area contributed by atoms with Crippen molar-refractivity contribution in [3.05, 3.63) is 42.2 Å². The molecule has 0 aromatic heterocycles. The van der Waals surface area contributed by atoms with Crippen molar-refractivity contribution in [1.29, 1.82) is 0 Å². The molecule has 3 atom stereocenters. The summed E-state index contributed by atoms with van der Waals surface area (Å²) in [6, 6.07) is 5.86. The normalized spacial score (nSPS) is 27.3. The molecular formula is C26H38N4O4S. The third-order valence-electron chi connectivity index (χ3n) is 7.77. The Balaban J connectivity index is 1.42. The molecule has 9 heteroatoms. The van der Waals surface area contributed by atoms with E-state index in [2.05, 4.69) is 29.4 Å². The van der Waals surface area contributed by atoms with Gasteiger partial charge in [0.2, 0.25) is 11.8 Å². The average molecular weight is 503 g/mol. The summed E-state index contributed by atoms with van der Waals surface area (Å²) < 4.78 is 27.6. The molecule has 4 rings (SSSR count). The van der Waals surface area contributed by atoms with Crippen LogP contribution in [0.3, 0.4) is 0 Å². The van der Waals surface area contributed by atoms with Crippen LogP contribution < -0.4 is 10.6 Å². The summed E-state index contributed by atoms with van der Waals surface area (Å²) in [7, 11) is -3.98. The number of rotatable bonds is 6. The van der Waals surface area contributed by atoms with Crippen LogP contribution in [-0.4, -0.2) is 60.7 Å². The number of benzene rings is 1. The van der Waals surface area contributed by atoms with E-state index < -0.39 is 22.0 Å². The fourth-order valence-electron chi connectivity index (χ4n) is 5.66. The molecule has 2 aliphatic heterocycles. The van der Waals surface area contributed by atoms with E-state index in [9.17, 15) is 18.0 Å². The number of likely N-dealkylation sites (tertiary alicyclic amines) is 1. The third-order valence-corrected chi connectivity index (χ3v) is 9.57. The monoisotopic (exact) mass is 502 g/mol. The Morgan fingerprint density at radius 1 is 1.11 bits per heavy atom. The van der Waals surface area contributed by atoms with E-state index in [1.807, 2.05) is 6.92 Å². The molecule has 0 spiro atoms. The Kier molecular flexibility index (Phi) is 7.57. The second-order valence-electron chi connectivity index (χ2n) is 10.8. The number of nitrogens with zero attached hydrogens (tertiary/aromatic N) is 2. The Bertz CT molecular complexity index is 1060.